The summed E-state index contributed by atoms with van der Waals surface area (Å²) in [7, 11) is 8.83. The minimum absolute atomic E-state index is 0.239. The van der Waals surface area contributed by atoms with Crippen molar-refractivity contribution >= 4 is 15.9 Å². The number of nitrogens with zero attached hydrogens (tertiary/aromatic N) is 1. The van der Waals surface area contributed by atoms with Crippen molar-refractivity contribution in [1.82, 2.24) is 4.90 Å². The lowest BCUT2D eigenvalue weighted by Gasteiger charge is -2.35. The van der Waals surface area contributed by atoms with Crippen molar-refractivity contribution in [2.75, 3.05) is 42.0 Å². The molecule has 2 aromatic rings. The van der Waals surface area contributed by atoms with Crippen LogP contribution in [0.2, 0.25) is 0 Å². The maximum absolute atomic E-state index is 5.54. The predicted octanol–water partition coefficient (Wildman–Crippen LogP) is 4.26. The zero-order chi connectivity index (χ0) is 19.6. The Morgan fingerprint density at radius 2 is 1.63 bits per heavy atom. The summed E-state index contributed by atoms with van der Waals surface area (Å²) in [6.07, 6.45) is 1.84. The number of likely N-dealkylation sites (N-methyl/N-ethyl adjacent to an activating group) is 1. The van der Waals surface area contributed by atoms with Crippen molar-refractivity contribution in [2.24, 2.45) is 0 Å². The first kappa shape index (κ1) is 19.8. The van der Waals surface area contributed by atoms with Crippen LogP contribution in [0, 0.1) is 0 Å². The molecule has 1 unspecified atom stereocenters. The molecule has 27 heavy (non-hydrogen) atoms. The van der Waals surface area contributed by atoms with Gasteiger partial charge < -0.3 is 18.9 Å². The zero-order valence-corrected chi connectivity index (χ0v) is 18.1. The van der Waals surface area contributed by atoms with Gasteiger partial charge in [0.15, 0.2) is 23.0 Å². The second kappa shape index (κ2) is 8.40. The van der Waals surface area contributed by atoms with Gasteiger partial charge in [-0.3, -0.25) is 4.90 Å². The monoisotopic (exact) mass is 435 g/mol. The molecule has 5 nitrogen and oxygen atoms in total. The Bertz CT molecular complexity index is 824. The Hall–Kier alpha value is -1.92. The third-order valence-corrected chi connectivity index (χ3v) is 6.12. The molecule has 146 valence electrons. The van der Waals surface area contributed by atoms with E-state index in [0.29, 0.717) is 0 Å². The van der Waals surface area contributed by atoms with Gasteiger partial charge in [0.1, 0.15) is 0 Å². The van der Waals surface area contributed by atoms with Gasteiger partial charge in [0.05, 0.1) is 32.9 Å². The van der Waals surface area contributed by atoms with E-state index in [0.717, 1.165) is 46.9 Å². The summed E-state index contributed by atoms with van der Waals surface area (Å²) in [6, 6.07) is 8.51. The number of hydrogen-bond donors (Lipinski definition) is 0. The van der Waals surface area contributed by atoms with Crippen LogP contribution < -0.4 is 18.9 Å². The molecule has 0 bridgehead atoms. The Balaban J connectivity index is 2.01. The number of halogens is 1. The lowest BCUT2D eigenvalue weighted by molar-refractivity contribution is 0.227. The number of methoxy groups -OCH3 is 4. The molecule has 0 radical (unpaired) electrons. The van der Waals surface area contributed by atoms with Gasteiger partial charge >= 0.3 is 0 Å². The molecule has 0 amide bonds. The van der Waals surface area contributed by atoms with Gasteiger partial charge in [0.25, 0.3) is 0 Å². The molecular weight excluding hydrogens is 410 g/mol. The predicted molar refractivity (Wildman–Crippen MR) is 110 cm³/mol. The molecule has 6 heteroatoms. The Morgan fingerprint density at radius 3 is 2.26 bits per heavy atom. The molecule has 1 aliphatic rings. The highest BCUT2D eigenvalue weighted by atomic mass is 79.9. The maximum atomic E-state index is 5.54. The molecule has 1 aliphatic heterocycles. The minimum atomic E-state index is 0.239. The fraction of sp³-hybridized carbons (Fsp3) is 0.429. The Kier molecular flexibility index (Phi) is 6.17. The summed E-state index contributed by atoms with van der Waals surface area (Å²) >= 11 is 3.70. The van der Waals surface area contributed by atoms with Crippen LogP contribution in [0.1, 0.15) is 22.7 Å². The van der Waals surface area contributed by atoms with Crippen LogP contribution in [-0.4, -0.2) is 46.9 Å². The van der Waals surface area contributed by atoms with E-state index in [1.165, 1.54) is 16.7 Å². The molecular formula is C21H26BrNO4. The minimum Gasteiger partial charge on any atom is -0.493 e. The summed E-state index contributed by atoms with van der Waals surface area (Å²) in [5.41, 5.74) is 3.77. The average Bonchev–Trinajstić information content (AvgIpc) is 2.69. The lowest BCUT2D eigenvalue weighted by atomic mass is 9.88. The molecule has 0 N–H and O–H groups in total. The fourth-order valence-corrected chi connectivity index (χ4v) is 4.37. The molecule has 0 saturated carbocycles. The zero-order valence-electron chi connectivity index (χ0n) is 16.5. The molecule has 0 saturated heterocycles. The van der Waals surface area contributed by atoms with Gasteiger partial charge in [-0.1, -0.05) is 6.07 Å². The van der Waals surface area contributed by atoms with E-state index in [1.807, 2.05) is 6.07 Å². The number of hydrogen-bond acceptors (Lipinski definition) is 5. The summed E-state index contributed by atoms with van der Waals surface area (Å²) < 4.78 is 22.9. The van der Waals surface area contributed by atoms with Crippen LogP contribution in [0.5, 0.6) is 23.0 Å². The molecule has 1 atom stereocenters. The highest BCUT2D eigenvalue weighted by Gasteiger charge is 2.28. The maximum Gasteiger partial charge on any atom is 0.175 e. The third-order valence-electron chi connectivity index (χ3n) is 5.25. The number of fused-ring (bicyclic) bond motifs is 1. The lowest BCUT2D eigenvalue weighted by Crippen LogP contribution is -2.33. The first-order valence-electron chi connectivity index (χ1n) is 8.88. The largest absolute Gasteiger partial charge is 0.493 e. The highest BCUT2D eigenvalue weighted by Crippen LogP contribution is 2.42. The molecule has 0 fully saturated rings. The van der Waals surface area contributed by atoms with Crippen molar-refractivity contribution in [3.63, 3.8) is 0 Å². The molecule has 2 aromatic carbocycles. The summed E-state index contributed by atoms with van der Waals surface area (Å²) in [5, 5.41) is 0. The van der Waals surface area contributed by atoms with Crippen LogP contribution in [0.4, 0.5) is 0 Å². The van der Waals surface area contributed by atoms with E-state index in [2.05, 4.69) is 46.1 Å². The number of rotatable bonds is 6. The standard InChI is InChI=1S/C21H26BrNO4/c1-23-9-8-13-11-18(25-3)19(26-4)12-15(13)16(23)10-14-6-7-17(24-2)21(27-5)20(14)22/h6-7,11-12,16H,8-10H2,1-5H3. The van der Waals surface area contributed by atoms with Gasteiger partial charge in [-0.15, -0.1) is 0 Å². The molecule has 0 aliphatic carbocycles. The number of benzene rings is 2. The fourth-order valence-electron chi connectivity index (χ4n) is 3.72. The van der Waals surface area contributed by atoms with E-state index in [4.69, 9.17) is 18.9 Å². The summed E-state index contributed by atoms with van der Waals surface area (Å²) in [4.78, 5) is 2.39. The summed E-state index contributed by atoms with van der Waals surface area (Å²) in [5.74, 6) is 2.99. The van der Waals surface area contributed by atoms with E-state index < -0.39 is 0 Å². The van der Waals surface area contributed by atoms with Gasteiger partial charge in [-0.05, 0) is 70.7 Å². The second-order valence-corrected chi connectivity index (χ2v) is 7.42. The van der Waals surface area contributed by atoms with Crippen LogP contribution in [0.3, 0.4) is 0 Å². The smallest absolute Gasteiger partial charge is 0.175 e. The van der Waals surface area contributed by atoms with Crippen molar-refractivity contribution < 1.29 is 18.9 Å². The van der Waals surface area contributed by atoms with E-state index >= 15 is 0 Å². The molecule has 0 aromatic heterocycles. The van der Waals surface area contributed by atoms with Crippen molar-refractivity contribution in [1.29, 1.82) is 0 Å². The first-order valence-corrected chi connectivity index (χ1v) is 9.67. The van der Waals surface area contributed by atoms with Crippen molar-refractivity contribution in [2.45, 2.75) is 18.9 Å². The van der Waals surface area contributed by atoms with Crippen LogP contribution >= 0.6 is 15.9 Å². The Morgan fingerprint density at radius 1 is 0.963 bits per heavy atom. The third kappa shape index (κ3) is 3.73. The van der Waals surface area contributed by atoms with Gasteiger partial charge in [-0.2, -0.15) is 0 Å². The van der Waals surface area contributed by atoms with E-state index in [1.54, 1.807) is 28.4 Å². The van der Waals surface area contributed by atoms with Crippen molar-refractivity contribution in [3.05, 3.63) is 45.4 Å². The topological polar surface area (TPSA) is 40.2 Å². The van der Waals surface area contributed by atoms with Crippen LogP contribution in [0.15, 0.2) is 28.7 Å². The number of ether oxygens (including phenoxy) is 4. The highest BCUT2D eigenvalue weighted by molar-refractivity contribution is 9.10. The van der Waals surface area contributed by atoms with Gasteiger partial charge in [-0.25, -0.2) is 0 Å². The average molecular weight is 436 g/mol. The summed E-state index contributed by atoms with van der Waals surface area (Å²) in [6.45, 7) is 0.998. The molecule has 1 heterocycles. The molecule has 0 spiro atoms. The Labute approximate surface area is 169 Å². The van der Waals surface area contributed by atoms with E-state index in [-0.39, 0.29) is 6.04 Å². The molecule has 3 rings (SSSR count). The van der Waals surface area contributed by atoms with Crippen LogP contribution in [0.25, 0.3) is 0 Å². The SMILES string of the molecule is COc1cc2c(cc1OC)C(Cc1ccc(OC)c(OC)c1Br)N(C)CC2. The van der Waals surface area contributed by atoms with Gasteiger partial charge in [0, 0.05) is 12.6 Å². The quantitative estimate of drug-likeness (QED) is 0.677. The van der Waals surface area contributed by atoms with Gasteiger partial charge in [0.2, 0.25) is 0 Å². The first-order chi connectivity index (χ1) is 13.0. The second-order valence-electron chi connectivity index (χ2n) is 6.63. The van der Waals surface area contributed by atoms with Crippen LogP contribution in [-0.2, 0) is 12.8 Å². The van der Waals surface area contributed by atoms with E-state index in [9.17, 15) is 0 Å². The van der Waals surface area contributed by atoms with Crippen molar-refractivity contribution in [3.8, 4) is 23.0 Å². The normalized spacial score (nSPS) is 16.6.